The highest BCUT2D eigenvalue weighted by Gasteiger charge is 2.36. The van der Waals surface area contributed by atoms with Crippen LogP contribution in [-0.2, 0) is 10.2 Å². The van der Waals surface area contributed by atoms with Gasteiger partial charge in [-0.2, -0.15) is 0 Å². The number of rotatable bonds is 4. The number of anilines is 1. The van der Waals surface area contributed by atoms with Crippen molar-refractivity contribution in [2.45, 2.75) is 38.1 Å². The number of benzene rings is 1. The lowest BCUT2D eigenvalue weighted by molar-refractivity contribution is 0.0919. The van der Waals surface area contributed by atoms with Gasteiger partial charge in [-0.25, -0.2) is 13.9 Å². The van der Waals surface area contributed by atoms with Crippen LogP contribution >= 0.6 is 0 Å². The normalized spacial score (nSPS) is 23.6. The molecule has 1 amide bonds. The molecule has 3 aromatic rings. The number of aryl methyl sites for hydroxylation is 1. The Morgan fingerprint density at radius 2 is 2.23 bits per heavy atom. The van der Waals surface area contributed by atoms with Gasteiger partial charge in [0, 0.05) is 25.1 Å². The summed E-state index contributed by atoms with van der Waals surface area (Å²) >= 11 is 0. The van der Waals surface area contributed by atoms with Crippen molar-refractivity contribution >= 4 is 17.2 Å². The molecule has 0 aliphatic carbocycles. The van der Waals surface area contributed by atoms with Crippen molar-refractivity contribution < 1.29 is 13.9 Å². The van der Waals surface area contributed by atoms with Gasteiger partial charge in [-0.3, -0.25) is 4.79 Å². The summed E-state index contributed by atoms with van der Waals surface area (Å²) in [5.41, 5.74) is 3.53. The molecule has 0 radical (unpaired) electrons. The lowest BCUT2D eigenvalue weighted by atomic mass is 9.82. The first-order valence-corrected chi connectivity index (χ1v) is 10.7. The number of aromatic nitrogens is 3. The van der Waals surface area contributed by atoms with Crippen LogP contribution in [0.25, 0.3) is 5.65 Å². The van der Waals surface area contributed by atoms with E-state index in [2.05, 4.69) is 33.3 Å². The van der Waals surface area contributed by atoms with E-state index in [-0.39, 0.29) is 29.0 Å². The Kier molecular flexibility index (Phi) is 4.89. The Balaban J connectivity index is 1.39. The van der Waals surface area contributed by atoms with Crippen LogP contribution in [0.2, 0.25) is 0 Å². The van der Waals surface area contributed by atoms with E-state index < -0.39 is 0 Å². The smallest absolute Gasteiger partial charge is 0.291 e. The van der Waals surface area contributed by atoms with E-state index in [1.54, 1.807) is 16.6 Å². The number of nitrogens with one attached hydrogen (secondary N) is 1. The van der Waals surface area contributed by atoms with Crippen LogP contribution in [-0.4, -0.2) is 52.9 Å². The van der Waals surface area contributed by atoms with Crippen LogP contribution in [0, 0.1) is 12.7 Å². The highest BCUT2D eigenvalue weighted by atomic mass is 19.1. The molecule has 2 aliphatic rings. The molecule has 2 atom stereocenters. The number of fused-ring (bicyclic) bond motifs is 1. The number of hydrogen-bond acceptors (Lipinski definition) is 5. The number of nitrogens with zero attached hydrogens (tertiary/aromatic N) is 4. The second-order valence-electron chi connectivity index (χ2n) is 8.86. The first-order chi connectivity index (χ1) is 14.9. The van der Waals surface area contributed by atoms with Gasteiger partial charge < -0.3 is 15.0 Å². The van der Waals surface area contributed by atoms with E-state index in [1.807, 2.05) is 19.2 Å². The summed E-state index contributed by atoms with van der Waals surface area (Å²) in [6.45, 7) is 6.99. The average Bonchev–Trinajstić information content (AvgIpc) is 3.48. The molecule has 7 nitrogen and oxygen atoms in total. The monoisotopic (exact) mass is 423 g/mol. The van der Waals surface area contributed by atoms with E-state index >= 15 is 0 Å². The van der Waals surface area contributed by atoms with Gasteiger partial charge in [-0.1, -0.05) is 19.1 Å². The summed E-state index contributed by atoms with van der Waals surface area (Å²) in [5, 5.41) is 7.37. The van der Waals surface area contributed by atoms with Crippen LogP contribution in [0.3, 0.4) is 0 Å². The maximum atomic E-state index is 13.8. The molecular formula is C23H26FN5O2. The standard InChI is InChI=1S/C23H26FN5O2/c1-15-10-19(28-8-7-23(2,14-28)16-4-3-5-17(24)11-16)12-29-21(15)26-20(27-29)22(30)25-18-6-9-31-13-18/h3-5,10-12,18H,6-9,13-14H2,1-2H3,(H,25,30). The third-order valence-electron chi connectivity index (χ3n) is 6.43. The molecule has 0 saturated carbocycles. The van der Waals surface area contributed by atoms with E-state index in [0.717, 1.165) is 42.7 Å². The Morgan fingerprint density at radius 3 is 3.00 bits per heavy atom. The SMILES string of the molecule is Cc1cc(N2CCC(C)(c3cccc(F)c3)C2)cn2nc(C(=O)NC3CCOC3)nc12. The summed E-state index contributed by atoms with van der Waals surface area (Å²) in [5.74, 6) is -0.315. The van der Waals surface area contributed by atoms with Crippen molar-refractivity contribution in [2.75, 3.05) is 31.2 Å². The molecule has 2 fully saturated rings. The summed E-state index contributed by atoms with van der Waals surface area (Å²) in [7, 11) is 0. The Labute approximate surface area is 180 Å². The van der Waals surface area contributed by atoms with E-state index in [0.29, 0.717) is 18.9 Å². The minimum atomic E-state index is -0.278. The summed E-state index contributed by atoms with van der Waals surface area (Å²) in [6, 6.07) is 8.98. The van der Waals surface area contributed by atoms with Crippen molar-refractivity contribution in [2.24, 2.45) is 0 Å². The Hall–Kier alpha value is -3.00. The van der Waals surface area contributed by atoms with E-state index in [4.69, 9.17) is 4.74 Å². The third kappa shape index (κ3) is 3.76. The predicted molar refractivity (Wildman–Crippen MR) is 115 cm³/mol. The topological polar surface area (TPSA) is 71.8 Å². The molecule has 0 bridgehead atoms. The second kappa shape index (κ2) is 7.60. The maximum absolute atomic E-state index is 13.8. The first kappa shape index (κ1) is 19.9. The quantitative estimate of drug-likeness (QED) is 0.699. The molecule has 1 aromatic carbocycles. The molecule has 2 saturated heterocycles. The van der Waals surface area contributed by atoms with Crippen LogP contribution in [0.4, 0.5) is 10.1 Å². The fourth-order valence-corrected chi connectivity index (χ4v) is 4.58. The predicted octanol–water partition coefficient (Wildman–Crippen LogP) is 2.86. The Morgan fingerprint density at radius 1 is 1.35 bits per heavy atom. The van der Waals surface area contributed by atoms with Crippen molar-refractivity contribution in [3.63, 3.8) is 0 Å². The number of carbonyl (C=O) groups excluding carboxylic acids is 1. The van der Waals surface area contributed by atoms with Crippen molar-refractivity contribution in [1.29, 1.82) is 0 Å². The second-order valence-corrected chi connectivity index (χ2v) is 8.86. The molecule has 2 aromatic heterocycles. The number of carbonyl (C=O) groups is 1. The molecule has 31 heavy (non-hydrogen) atoms. The third-order valence-corrected chi connectivity index (χ3v) is 6.43. The molecule has 4 heterocycles. The van der Waals surface area contributed by atoms with Crippen LogP contribution in [0.1, 0.15) is 41.5 Å². The number of pyridine rings is 1. The van der Waals surface area contributed by atoms with Gasteiger partial charge in [-0.15, -0.1) is 5.10 Å². The summed E-state index contributed by atoms with van der Waals surface area (Å²) in [6.07, 6.45) is 3.66. The summed E-state index contributed by atoms with van der Waals surface area (Å²) < 4.78 is 20.8. The van der Waals surface area contributed by atoms with E-state index in [1.165, 1.54) is 6.07 Å². The molecular weight excluding hydrogens is 397 g/mol. The van der Waals surface area contributed by atoms with Gasteiger partial charge in [0.25, 0.3) is 5.91 Å². The zero-order chi connectivity index (χ0) is 21.6. The lowest BCUT2D eigenvalue weighted by Gasteiger charge is -2.26. The fourth-order valence-electron chi connectivity index (χ4n) is 4.58. The Bertz CT molecular complexity index is 1140. The molecule has 1 N–H and O–H groups in total. The fraction of sp³-hybridized carbons (Fsp3) is 0.435. The van der Waals surface area contributed by atoms with Crippen LogP contribution < -0.4 is 10.2 Å². The highest BCUT2D eigenvalue weighted by molar-refractivity contribution is 5.91. The number of halogens is 1. The zero-order valence-electron chi connectivity index (χ0n) is 17.8. The van der Waals surface area contributed by atoms with Gasteiger partial charge in [-0.05, 0) is 49.1 Å². The van der Waals surface area contributed by atoms with E-state index in [9.17, 15) is 9.18 Å². The number of hydrogen-bond donors (Lipinski definition) is 1. The van der Waals surface area contributed by atoms with Crippen molar-refractivity contribution in [3.05, 3.63) is 59.3 Å². The summed E-state index contributed by atoms with van der Waals surface area (Å²) in [4.78, 5) is 19.3. The van der Waals surface area contributed by atoms with Gasteiger partial charge >= 0.3 is 0 Å². The van der Waals surface area contributed by atoms with Gasteiger partial charge in [0.05, 0.1) is 24.5 Å². The molecule has 8 heteroatoms. The molecule has 2 unspecified atom stereocenters. The zero-order valence-corrected chi connectivity index (χ0v) is 17.8. The van der Waals surface area contributed by atoms with Gasteiger partial charge in [0.2, 0.25) is 5.82 Å². The van der Waals surface area contributed by atoms with Gasteiger partial charge in [0.15, 0.2) is 5.65 Å². The molecule has 0 spiro atoms. The number of amides is 1. The lowest BCUT2D eigenvalue weighted by Crippen LogP contribution is -2.35. The van der Waals surface area contributed by atoms with Crippen LogP contribution in [0.15, 0.2) is 36.5 Å². The average molecular weight is 423 g/mol. The molecule has 5 rings (SSSR count). The first-order valence-electron chi connectivity index (χ1n) is 10.7. The maximum Gasteiger partial charge on any atom is 0.291 e. The van der Waals surface area contributed by atoms with Crippen LogP contribution in [0.5, 0.6) is 0 Å². The minimum absolute atomic E-state index is 0.0147. The largest absolute Gasteiger partial charge is 0.379 e. The molecule has 162 valence electrons. The molecule has 2 aliphatic heterocycles. The van der Waals surface area contributed by atoms with Crippen molar-refractivity contribution in [3.8, 4) is 0 Å². The minimum Gasteiger partial charge on any atom is -0.379 e. The number of ether oxygens (including phenoxy) is 1. The highest BCUT2D eigenvalue weighted by Crippen LogP contribution is 2.37. The van der Waals surface area contributed by atoms with Gasteiger partial charge in [0.1, 0.15) is 5.82 Å². The van der Waals surface area contributed by atoms with Crippen molar-refractivity contribution in [1.82, 2.24) is 19.9 Å².